The molecule has 4 aromatic carbocycles. The molecule has 0 radical (unpaired) electrons. The quantitative estimate of drug-likeness (QED) is 0.172. The highest BCUT2D eigenvalue weighted by Gasteiger charge is 2.35. The largest absolute Gasteiger partial charge is 0.493 e. The van der Waals surface area contributed by atoms with Crippen molar-refractivity contribution in [2.45, 2.75) is 44.7 Å². The molecule has 0 aromatic heterocycles. The number of sulfonamides is 1. The van der Waals surface area contributed by atoms with E-state index in [9.17, 15) is 18.0 Å². The van der Waals surface area contributed by atoms with Gasteiger partial charge in [0.05, 0.1) is 24.8 Å². The van der Waals surface area contributed by atoms with Crippen molar-refractivity contribution in [1.29, 1.82) is 0 Å². The molecule has 0 saturated heterocycles. The van der Waals surface area contributed by atoms with Crippen LogP contribution in [0.25, 0.3) is 0 Å². The van der Waals surface area contributed by atoms with Crippen LogP contribution in [0.5, 0.6) is 11.5 Å². The van der Waals surface area contributed by atoms with Crippen molar-refractivity contribution < 1.29 is 31.9 Å². The number of carbonyl (C=O) groups is 2. The molecule has 1 atom stereocenters. The van der Waals surface area contributed by atoms with Gasteiger partial charge in [-0.1, -0.05) is 80.1 Å². The van der Waals surface area contributed by atoms with Crippen molar-refractivity contribution in [3.05, 3.63) is 120 Å². The summed E-state index contributed by atoms with van der Waals surface area (Å²) in [6.45, 7) is 5.19. The first-order valence-corrected chi connectivity index (χ1v) is 17.0. The summed E-state index contributed by atoms with van der Waals surface area (Å²) < 4.78 is 55.4. The molecule has 0 spiro atoms. The van der Waals surface area contributed by atoms with E-state index in [-0.39, 0.29) is 40.8 Å². The van der Waals surface area contributed by atoms with Crippen LogP contribution >= 0.6 is 0 Å². The molecule has 1 N–H and O–H groups in total. The van der Waals surface area contributed by atoms with Gasteiger partial charge in [-0.05, 0) is 48.7 Å². The summed E-state index contributed by atoms with van der Waals surface area (Å²) in [6.07, 6.45) is 0.123. The Hall–Kier alpha value is -4.90. The summed E-state index contributed by atoms with van der Waals surface area (Å²) in [5.41, 5.74) is 2.09. The van der Waals surface area contributed by atoms with Gasteiger partial charge in [-0.25, -0.2) is 12.8 Å². The minimum absolute atomic E-state index is 0.123. The number of nitrogens with one attached hydrogen (secondary N) is 1. The number of carbonyl (C=O) groups excluding carboxylic acids is 2. The number of amides is 2. The molecule has 254 valence electrons. The van der Waals surface area contributed by atoms with Crippen LogP contribution in [0.4, 0.5) is 10.1 Å². The number of hydrogen-bond donors (Lipinski definition) is 1. The van der Waals surface area contributed by atoms with E-state index in [1.807, 2.05) is 51.1 Å². The highest BCUT2D eigenvalue weighted by Crippen LogP contribution is 2.32. The lowest BCUT2D eigenvalue weighted by atomic mass is 10.0. The van der Waals surface area contributed by atoms with Gasteiger partial charge in [-0.3, -0.25) is 13.9 Å². The van der Waals surface area contributed by atoms with Crippen LogP contribution in [0, 0.1) is 18.7 Å². The van der Waals surface area contributed by atoms with Gasteiger partial charge in [0.15, 0.2) is 11.5 Å². The van der Waals surface area contributed by atoms with Crippen LogP contribution in [0.3, 0.4) is 0 Å². The molecule has 0 aliphatic carbocycles. The maximum Gasteiger partial charge on any atom is 0.264 e. The zero-order chi connectivity index (χ0) is 34.8. The fourth-order valence-corrected chi connectivity index (χ4v) is 6.56. The maximum atomic E-state index is 15.1. The molecule has 0 unspecified atom stereocenters. The molecule has 0 heterocycles. The van der Waals surface area contributed by atoms with Crippen LogP contribution in [0.2, 0.25) is 0 Å². The van der Waals surface area contributed by atoms with Crippen molar-refractivity contribution in [2.75, 3.05) is 31.6 Å². The lowest BCUT2D eigenvalue weighted by Gasteiger charge is -2.34. The predicted octanol–water partition coefficient (Wildman–Crippen LogP) is 5.76. The van der Waals surface area contributed by atoms with Gasteiger partial charge in [0, 0.05) is 31.1 Å². The SMILES string of the molecule is COc1ccc(S(=O)(=O)N(CC(=O)N(Cc2ccccc2F)[C@H](Cc2ccccc2)C(=O)NCC(C)C)c2ccc(C)cc2)cc1OC. The Morgan fingerprint density at radius 1 is 0.854 bits per heavy atom. The van der Waals surface area contributed by atoms with Crippen LogP contribution < -0.4 is 19.1 Å². The normalized spacial score (nSPS) is 11.9. The minimum atomic E-state index is -4.38. The summed E-state index contributed by atoms with van der Waals surface area (Å²) in [5.74, 6) is -1.01. The Balaban J connectivity index is 1.83. The smallest absolute Gasteiger partial charge is 0.264 e. The third-order valence-corrected chi connectivity index (χ3v) is 9.57. The number of anilines is 1. The van der Waals surface area contributed by atoms with Crippen molar-refractivity contribution in [2.24, 2.45) is 5.92 Å². The second kappa shape index (κ2) is 16.3. The third-order valence-electron chi connectivity index (χ3n) is 7.80. The van der Waals surface area contributed by atoms with E-state index in [0.29, 0.717) is 12.3 Å². The summed E-state index contributed by atoms with van der Waals surface area (Å²) in [6, 6.07) is 25.0. The Kier molecular flexibility index (Phi) is 12.2. The molecule has 4 aromatic rings. The number of methoxy groups -OCH3 is 2. The van der Waals surface area contributed by atoms with Crippen molar-refractivity contribution in [3.8, 4) is 11.5 Å². The van der Waals surface area contributed by atoms with Gasteiger partial charge in [0.25, 0.3) is 10.0 Å². The van der Waals surface area contributed by atoms with Gasteiger partial charge >= 0.3 is 0 Å². The van der Waals surface area contributed by atoms with Crippen LogP contribution in [0.1, 0.15) is 30.5 Å². The average Bonchev–Trinajstić information content (AvgIpc) is 3.08. The number of ether oxygens (including phenoxy) is 2. The van der Waals surface area contributed by atoms with Crippen molar-refractivity contribution in [1.82, 2.24) is 10.2 Å². The summed E-state index contributed by atoms with van der Waals surface area (Å²) in [4.78, 5) is 29.6. The minimum Gasteiger partial charge on any atom is -0.493 e. The van der Waals surface area contributed by atoms with E-state index in [1.54, 1.807) is 36.4 Å². The number of aryl methyl sites for hydroxylation is 1. The van der Waals surface area contributed by atoms with Gasteiger partial charge in [-0.2, -0.15) is 0 Å². The van der Waals surface area contributed by atoms with Crippen molar-refractivity contribution >= 4 is 27.5 Å². The Morgan fingerprint density at radius 3 is 2.12 bits per heavy atom. The van der Waals surface area contributed by atoms with Gasteiger partial charge in [0.2, 0.25) is 11.8 Å². The fraction of sp³-hybridized carbons (Fsp3) is 0.297. The summed E-state index contributed by atoms with van der Waals surface area (Å²) in [7, 11) is -1.55. The average molecular weight is 676 g/mol. The van der Waals surface area contributed by atoms with E-state index in [0.717, 1.165) is 15.4 Å². The molecular formula is C37H42FN3O6S. The Labute approximate surface area is 282 Å². The van der Waals surface area contributed by atoms with E-state index >= 15 is 4.39 Å². The molecule has 0 saturated carbocycles. The third kappa shape index (κ3) is 8.92. The molecule has 11 heteroatoms. The number of halogens is 1. The van der Waals surface area contributed by atoms with E-state index in [4.69, 9.17) is 9.47 Å². The number of hydrogen-bond acceptors (Lipinski definition) is 6. The zero-order valence-corrected chi connectivity index (χ0v) is 28.7. The Bertz CT molecular complexity index is 1800. The highest BCUT2D eigenvalue weighted by molar-refractivity contribution is 7.92. The van der Waals surface area contributed by atoms with E-state index < -0.39 is 40.2 Å². The van der Waals surface area contributed by atoms with Gasteiger partial charge in [-0.15, -0.1) is 0 Å². The first kappa shape index (κ1) is 35.9. The first-order valence-electron chi connectivity index (χ1n) is 15.6. The Morgan fingerprint density at radius 2 is 1.50 bits per heavy atom. The standard InChI is InChI=1S/C37H42FN3O6S/c1-26(2)23-39-37(43)33(21-28-11-7-6-8-12-28)40(24-29-13-9-10-14-32(29)38)36(42)25-41(30-17-15-27(3)16-18-30)48(44,45)31-19-20-34(46-4)35(22-31)47-5/h6-20,22,26,33H,21,23-25H2,1-5H3,(H,39,43)/t33-/m1/s1. The van der Waals surface area contributed by atoms with Crippen LogP contribution in [-0.4, -0.2) is 58.5 Å². The molecule has 9 nitrogen and oxygen atoms in total. The molecule has 0 fully saturated rings. The molecule has 0 aliphatic heterocycles. The van der Waals surface area contributed by atoms with Crippen molar-refractivity contribution in [3.63, 3.8) is 0 Å². The van der Waals surface area contributed by atoms with Gasteiger partial charge in [0.1, 0.15) is 18.4 Å². The summed E-state index contributed by atoms with van der Waals surface area (Å²) in [5, 5.41) is 2.92. The van der Waals surface area contributed by atoms with E-state index in [2.05, 4.69) is 5.32 Å². The maximum absolute atomic E-state index is 15.1. The van der Waals surface area contributed by atoms with Crippen LogP contribution in [-0.2, 0) is 32.6 Å². The lowest BCUT2D eigenvalue weighted by Crippen LogP contribution is -2.53. The van der Waals surface area contributed by atoms with Crippen LogP contribution in [0.15, 0.2) is 102 Å². The number of benzene rings is 4. The zero-order valence-electron chi connectivity index (χ0n) is 27.9. The molecule has 0 aliphatic rings. The molecule has 2 amide bonds. The molecule has 4 rings (SSSR count). The molecule has 0 bridgehead atoms. The lowest BCUT2D eigenvalue weighted by molar-refractivity contribution is -0.140. The monoisotopic (exact) mass is 675 g/mol. The second-order valence-corrected chi connectivity index (χ2v) is 13.7. The highest BCUT2D eigenvalue weighted by atomic mass is 32.2. The van der Waals surface area contributed by atoms with Gasteiger partial charge < -0.3 is 19.7 Å². The fourth-order valence-electron chi connectivity index (χ4n) is 5.13. The molecule has 48 heavy (non-hydrogen) atoms. The number of nitrogens with zero attached hydrogens (tertiary/aromatic N) is 2. The van der Waals surface area contributed by atoms with E-state index in [1.165, 1.54) is 49.5 Å². The molecular weight excluding hydrogens is 633 g/mol. The second-order valence-electron chi connectivity index (χ2n) is 11.8. The topological polar surface area (TPSA) is 105 Å². The first-order chi connectivity index (χ1) is 22.9. The number of rotatable bonds is 15. The summed E-state index contributed by atoms with van der Waals surface area (Å²) >= 11 is 0. The predicted molar refractivity (Wildman–Crippen MR) is 184 cm³/mol.